The van der Waals surface area contributed by atoms with Gasteiger partial charge in [-0.3, -0.25) is 0 Å². The molecule has 0 bridgehead atoms. The monoisotopic (exact) mass is 276 g/mol. The second kappa shape index (κ2) is 4.46. The van der Waals surface area contributed by atoms with E-state index in [9.17, 15) is 0 Å². The Balaban J connectivity index is 2.40. The molecule has 2 aromatic heterocycles. The van der Waals surface area contributed by atoms with Crippen molar-refractivity contribution in [2.45, 2.75) is 19.2 Å². The maximum absolute atomic E-state index is 6.43. The van der Waals surface area contributed by atoms with Crippen LogP contribution in [-0.2, 0) is 0 Å². The van der Waals surface area contributed by atoms with E-state index in [4.69, 9.17) is 23.2 Å². The predicted octanol–water partition coefficient (Wildman–Crippen LogP) is 5.41. The first-order chi connectivity index (χ1) is 7.09. The Hall–Kier alpha value is -0.0200. The molecule has 0 aliphatic carbocycles. The number of alkyl halides is 1. The molecule has 0 nitrogen and oxygen atoms in total. The zero-order valence-corrected chi connectivity index (χ0v) is 11.5. The van der Waals surface area contributed by atoms with Gasteiger partial charge in [-0.15, -0.1) is 34.3 Å². The van der Waals surface area contributed by atoms with Gasteiger partial charge in [0.15, 0.2) is 0 Å². The summed E-state index contributed by atoms with van der Waals surface area (Å²) in [6, 6.07) is 4.06. The molecule has 2 aromatic rings. The molecule has 1 unspecified atom stereocenters. The molecule has 15 heavy (non-hydrogen) atoms. The van der Waals surface area contributed by atoms with Gasteiger partial charge in [-0.2, -0.15) is 0 Å². The summed E-state index contributed by atoms with van der Waals surface area (Å²) in [4.78, 5) is 3.54. The van der Waals surface area contributed by atoms with Crippen LogP contribution < -0.4 is 0 Å². The fraction of sp³-hybridized carbons (Fsp3) is 0.273. The highest BCUT2D eigenvalue weighted by molar-refractivity contribution is 7.13. The first-order valence-corrected chi connectivity index (χ1v) is 7.04. The highest BCUT2D eigenvalue weighted by Gasteiger charge is 2.19. The van der Waals surface area contributed by atoms with Gasteiger partial charge in [0.05, 0.1) is 5.02 Å². The Morgan fingerprint density at radius 1 is 1.27 bits per heavy atom. The molecule has 0 spiro atoms. The Kier molecular flexibility index (Phi) is 3.41. The van der Waals surface area contributed by atoms with Crippen LogP contribution in [0.3, 0.4) is 0 Å². The molecule has 80 valence electrons. The van der Waals surface area contributed by atoms with Crippen LogP contribution in [0.2, 0.25) is 5.02 Å². The highest BCUT2D eigenvalue weighted by atomic mass is 35.5. The van der Waals surface area contributed by atoms with Crippen LogP contribution in [0.1, 0.15) is 25.6 Å². The molecule has 0 radical (unpaired) electrons. The fourth-order valence-corrected chi connectivity index (χ4v) is 4.40. The molecule has 0 aliphatic heterocycles. The second-order valence-electron chi connectivity index (χ2n) is 3.40. The van der Waals surface area contributed by atoms with Crippen LogP contribution in [-0.4, -0.2) is 0 Å². The Morgan fingerprint density at radius 2 is 2.00 bits per heavy atom. The highest BCUT2D eigenvalue weighted by Crippen LogP contribution is 2.41. The van der Waals surface area contributed by atoms with E-state index in [1.54, 1.807) is 22.7 Å². The third kappa shape index (κ3) is 2.23. The van der Waals surface area contributed by atoms with Crippen molar-refractivity contribution in [3.63, 3.8) is 0 Å². The molecule has 0 fully saturated rings. The van der Waals surface area contributed by atoms with Crippen LogP contribution in [0, 0.1) is 13.8 Å². The van der Waals surface area contributed by atoms with Gasteiger partial charge in [-0.05, 0) is 36.9 Å². The van der Waals surface area contributed by atoms with Gasteiger partial charge in [0.25, 0.3) is 0 Å². The van der Waals surface area contributed by atoms with E-state index in [-0.39, 0.29) is 5.38 Å². The minimum atomic E-state index is -0.101. The van der Waals surface area contributed by atoms with Gasteiger partial charge in [-0.25, -0.2) is 0 Å². The van der Waals surface area contributed by atoms with Crippen molar-refractivity contribution in [3.8, 4) is 0 Å². The van der Waals surface area contributed by atoms with Gasteiger partial charge in [0, 0.05) is 14.6 Å². The van der Waals surface area contributed by atoms with E-state index in [0.29, 0.717) is 0 Å². The van der Waals surface area contributed by atoms with Gasteiger partial charge in [-0.1, -0.05) is 11.6 Å². The summed E-state index contributed by atoms with van der Waals surface area (Å²) in [6.45, 7) is 4.19. The zero-order chi connectivity index (χ0) is 11.0. The van der Waals surface area contributed by atoms with Crippen LogP contribution in [0.4, 0.5) is 0 Å². The molecule has 0 saturated carbocycles. The normalized spacial score (nSPS) is 13.1. The van der Waals surface area contributed by atoms with Crippen molar-refractivity contribution in [2.24, 2.45) is 0 Å². The van der Waals surface area contributed by atoms with Crippen LogP contribution in [0.5, 0.6) is 0 Å². The van der Waals surface area contributed by atoms with E-state index < -0.39 is 0 Å². The van der Waals surface area contributed by atoms with E-state index in [0.717, 1.165) is 9.90 Å². The van der Waals surface area contributed by atoms with Gasteiger partial charge in [0.1, 0.15) is 5.38 Å². The molecule has 2 rings (SSSR count). The number of hydrogen-bond acceptors (Lipinski definition) is 2. The maximum Gasteiger partial charge on any atom is 0.104 e. The number of aryl methyl sites for hydroxylation is 2. The van der Waals surface area contributed by atoms with E-state index in [1.165, 1.54) is 15.3 Å². The topological polar surface area (TPSA) is 0 Å². The van der Waals surface area contributed by atoms with Crippen molar-refractivity contribution in [2.75, 3.05) is 0 Å². The summed E-state index contributed by atoms with van der Waals surface area (Å²) in [5.41, 5.74) is 1.25. The van der Waals surface area contributed by atoms with Gasteiger partial charge in [0.2, 0.25) is 0 Å². The van der Waals surface area contributed by atoms with Crippen molar-refractivity contribution >= 4 is 45.9 Å². The summed E-state index contributed by atoms with van der Waals surface area (Å²) < 4.78 is 0. The number of hydrogen-bond donors (Lipinski definition) is 0. The molecular formula is C11H10Cl2S2. The van der Waals surface area contributed by atoms with Crippen molar-refractivity contribution in [3.05, 3.63) is 42.7 Å². The van der Waals surface area contributed by atoms with E-state index in [2.05, 4.69) is 19.9 Å². The number of rotatable bonds is 2. The molecule has 2 heterocycles. The molecule has 0 aliphatic rings. The lowest BCUT2D eigenvalue weighted by molar-refractivity contribution is 1.20. The number of thiophene rings is 2. The van der Waals surface area contributed by atoms with E-state index >= 15 is 0 Å². The summed E-state index contributed by atoms with van der Waals surface area (Å²) in [6.07, 6.45) is 0. The van der Waals surface area contributed by atoms with Gasteiger partial charge < -0.3 is 0 Å². The third-order valence-corrected chi connectivity index (χ3v) is 5.52. The summed E-state index contributed by atoms with van der Waals surface area (Å²) in [5.74, 6) is 0. The smallest absolute Gasteiger partial charge is 0.104 e. The molecular weight excluding hydrogens is 267 g/mol. The van der Waals surface area contributed by atoms with Crippen LogP contribution in [0.25, 0.3) is 0 Å². The van der Waals surface area contributed by atoms with Crippen LogP contribution in [0.15, 0.2) is 17.5 Å². The largest absolute Gasteiger partial charge is 0.145 e. The van der Waals surface area contributed by atoms with Gasteiger partial charge >= 0.3 is 0 Å². The Bertz CT molecular complexity index is 471. The van der Waals surface area contributed by atoms with Crippen molar-refractivity contribution in [1.82, 2.24) is 0 Å². The minimum Gasteiger partial charge on any atom is -0.145 e. The summed E-state index contributed by atoms with van der Waals surface area (Å²) in [7, 11) is 0. The van der Waals surface area contributed by atoms with Crippen molar-refractivity contribution in [1.29, 1.82) is 0 Å². The average molecular weight is 277 g/mol. The molecule has 0 N–H and O–H groups in total. The molecule has 0 saturated heterocycles. The standard InChI is InChI=1S/C11H10Cl2S2/c1-6-5-7(2)15-10(6)9(13)11-8(12)3-4-14-11/h3-5,9H,1-2H3. The predicted molar refractivity (Wildman–Crippen MR) is 70.8 cm³/mol. The Morgan fingerprint density at radius 3 is 2.47 bits per heavy atom. The number of halogens is 2. The molecule has 0 amide bonds. The van der Waals surface area contributed by atoms with E-state index in [1.807, 2.05) is 11.4 Å². The summed E-state index contributed by atoms with van der Waals surface area (Å²) >= 11 is 15.9. The SMILES string of the molecule is Cc1cc(C)c(C(Cl)c2sccc2Cl)s1. The summed E-state index contributed by atoms with van der Waals surface area (Å²) in [5, 5.41) is 2.64. The lowest BCUT2D eigenvalue weighted by atomic mass is 10.2. The maximum atomic E-state index is 6.43. The quantitative estimate of drug-likeness (QED) is 0.644. The average Bonchev–Trinajstić information content (AvgIpc) is 2.71. The van der Waals surface area contributed by atoms with Crippen molar-refractivity contribution < 1.29 is 0 Å². The minimum absolute atomic E-state index is 0.101. The Labute approximate surface area is 107 Å². The zero-order valence-electron chi connectivity index (χ0n) is 8.38. The third-order valence-electron chi connectivity index (χ3n) is 2.18. The fourth-order valence-electron chi connectivity index (χ4n) is 1.52. The second-order valence-corrected chi connectivity index (χ2v) is 6.48. The first kappa shape index (κ1) is 11.5. The first-order valence-electron chi connectivity index (χ1n) is 4.53. The lowest BCUT2D eigenvalue weighted by Crippen LogP contribution is -1.89. The molecule has 0 aromatic carbocycles. The van der Waals surface area contributed by atoms with Crippen LogP contribution >= 0.6 is 45.9 Å². The lowest BCUT2D eigenvalue weighted by Gasteiger charge is -2.06. The molecule has 1 atom stereocenters. The molecule has 4 heteroatoms.